The molecule has 0 aromatic heterocycles. The first-order chi connectivity index (χ1) is 9.95. The van der Waals surface area contributed by atoms with E-state index in [0.29, 0.717) is 18.2 Å². The number of thioether (sulfide) groups is 1. The van der Waals surface area contributed by atoms with Crippen LogP contribution >= 0.6 is 11.8 Å². The summed E-state index contributed by atoms with van der Waals surface area (Å²) in [6.07, 6.45) is 7.62. The number of hydrogen-bond donors (Lipinski definition) is 1. The van der Waals surface area contributed by atoms with Crippen molar-refractivity contribution >= 4 is 23.8 Å². The van der Waals surface area contributed by atoms with E-state index in [2.05, 4.69) is 5.92 Å². The number of aliphatic carboxylic acids is 1. The molecule has 2 amide bonds. The summed E-state index contributed by atoms with van der Waals surface area (Å²) >= 11 is 1.54. The summed E-state index contributed by atoms with van der Waals surface area (Å²) in [5.74, 6) is 2.75. The number of terminal acetylenes is 1. The molecule has 0 spiro atoms. The molecule has 6 heteroatoms. The van der Waals surface area contributed by atoms with E-state index in [1.807, 2.05) is 13.8 Å². The zero-order valence-corrected chi connectivity index (χ0v) is 13.3. The number of hydrogen-bond acceptors (Lipinski definition) is 3. The first-order valence-corrected chi connectivity index (χ1v) is 8.35. The van der Waals surface area contributed by atoms with Crippen molar-refractivity contribution in [2.75, 3.05) is 18.8 Å². The van der Waals surface area contributed by atoms with Gasteiger partial charge in [-0.2, -0.15) is 0 Å². The molecule has 0 aromatic carbocycles. The molecule has 2 fully saturated rings. The summed E-state index contributed by atoms with van der Waals surface area (Å²) in [6.45, 7) is 4.90. The smallest absolute Gasteiger partial charge is 0.327 e. The number of urea groups is 1. The van der Waals surface area contributed by atoms with Crippen LogP contribution in [0.3, 0.4) is 0 Å². The molecule has 2 rings (SSSR count). The van der Waals surface area contributed by atoms with E-state index in [1.165, 1.54) is 16.7 Å². The maximum Gasteiger partial charge on any atom is 0.327 e. The molecular formula is C15H22N2O3S. The van der Waals surface area contributed by atoms with E-state index in [0.717, 1.165) is 12.8 Å². The van der Waals surface area contributed by atoms with Crippen molar-refractivity contribution in [3.8, 4) is 12.3 Å². The maximum absolute atomic E-state index is 12.8. The lowest BCUT2D eigenvalue weighted by molar-refractivity contribution is -0.141. The van der Waals surface area contributed by atoms with Crippen LogP contribution in [0.1, 0.15) is 26.7 Å². The maximum atomic E-state index is 12.8. The number of carbonyl (C=O) groups excluding carboxylic acids is 1. The van der Waals surface area contributed by atoms with E-state index in [-0.39, 0.29) is 23.9 Å². The average Bonchev–Trinajstić information content (AvgIpc) is 3.11. The molecule has 1 aliphatic heterocycles. The molecular weight excluding hydrogens is 288 g/mol. The highest BCUT2D eigenvalue weighted by Gasteiger charge is 2.44. The third-order valence-corrected chi connectivity index (χ3v) is 5.46. The predicted octanol–water partition coefficient (Wildman–Crippen LogP) is 1.94. The normalized spacial score (nSPS) is 25.0. The number of nitrogens with zero attached hydrogens (tertiary/aromatic N) is 2. The lowest BCUT2D eigenvalue weighted by Gasteiger charge is -2.34. The van der Waals surface area contributed by atoms with Crippen LogP contribution in [0.5, 0.6) is 0 Å². The monoisotopic (exact) mass is 310 g/mol. The number of amides is 2. The standard InChI is InChI=1S/C15H22N2O3S/c1-4-7-16(8-11-5-6-11)15(20)17-12(14(18)19)9-21-13(17)10(2)3/h1,10-13H,5-9H2,2-3H3,(H,18,19). The van der Waals surface area contributed by atoms with Crippen LogP contribution in [0.4, 0.5) is 4.79 Å². The van der Waals surface area contributed by atoms with Gasteiger partial charge in [0.25, 0.3) is 0 Å². The van der Waals surface area contributed by atoms with Crippen molar-refractivity contribution in [2.24, 2.45) is 11.8 Å². The number of carboxylic acids is 1. The second kappa shape index (κ2) is 6.61. The minimum Gasteiger partial charge on any atom is -0.480 e. The third-order valence-electron chi connectivity index (χ3n) is 3.84. The topological polar surface area (TPSA) is 60.9 Å². The molecule has 1 heterocycles. The summed E-state index contributed by atoms with van der Waals surface area (Å²) < 4.78 is 0. The van der Waals surface area contributed by atoms with Crippen molar-refractivity contribution < 1.29 is 14.7 Å². The van der Waals surface area contributed by atoms with Crippen molar-refractivity contribution in [3.05, 3.63) is 0 Å². The SMILES string of the molecule is C#CCN(CC1CC1)C(=O)N1C(C(=O)O)CSC1C(C)C. The number of carboxylic acid groups (broad SMARTS) is 1. The fourth-order valence-corrected chi connectivity index (χ4v) is 4.03. The van der Waals surface area contributed by atoms with Gasteiger partial charge < -0.3 is 10.0 Å². The second-order valence-corrected chi connectivity index (χ2v) is 7.19. The highest BCUT2D eigenvalue weighted by atomic mass is 32.2. The third kappa shape index (κ3) is 3.65. The van der Waals surface area contributed by atoms with E-state index < -0.39 is 12.0 Å². The molecule has 2 aliphatic rings. The van der Waals surface area contributed by atoms with Crippen LogP contribution < -0.4 is 0 Å². The van der Waals surface area contributed by atoms with Crippen molar-refractivity contribution in [3.63, 3.8) is 0 Å². The second-order valence-electron chi connectivity index (χ2n) is 6.04. The highest BCUT2D eigenvalue weighted by molar-refractivity contribution is 8.00. The molecule has 116 valence electrons. The Labute approximate surface area is 130 Å². The Morgan fingerprint density at radius 1 is 1.48 bits per heavy atom. The van der Waals surface area contributed by atoms with Crippen LogP contribution in [-0.2, 0) is 4.79 Å². The van der Waals surface area contributed by atoms with Crippen molar-refractivity contribution in [2.45, 2.75) is 38.1 Å². The van der Waals surface area contributed by atoms with Gasteiger partial charge in [-0.15, -0.1) is 18.2 Å². The minimum atomic E-state index is -0.939. The fraction of sp³-hybridized carbons (Fsp3) is 0.733. The van der Waals surface area contributed by atoms with Gasteiger partial charge in [-0.1, -0.05) is 19.8 Å². The zero-order valence-electron chi connectivity index (χ0n) is 12.5. The van der Waals surface area contributed by atoms with Gasteiger partial charge >= 0.3 is 12.0 Å². The van der Waals surface area contributed by atoms with Crippen LogP contribution in [0.25, 0.3) is 0 Å². The minimum absolute atomic E-state index is 0.0990. The molecule has 5 nitrogen and oxygen atoms in total. The summed E-state index contributed by atoms with van der Waals surface area (Å²) in [4.78, 5) is 27.4. The van der Waals surface area contributed by atoms with Crippen LogP contribution in [0, 0.1) is 24.2 Å². The Balaban J connectivity index is 2.17. The largest absolute Gasteiger partial charge is 0.480 e. The molecule has 1 saturated carbocycles. The summed E-state index contributed by atoms with van der Waals surface area (Å²) in [5, 5.41) is 9.27. The Morgan fingerprint density at radius 2 is 2.14 bits per heavy atom. The van der Waals surface area contributed by atoms with Gasteiger partial charge in [0.05, 0.1) is 11.9 Å². The van der Waals surface area contributed by atoms with Gasteiger partial charge in [0.15, 0.2) is 0 Å². The Bertz CT molecular complexity index is 456. The van der Waals surface area contributed by atoms with Gasteiger partial charge in [-0.05, 0) is 24.7 Å². The highest BCUT2D eigenvalue weighted by Crippen LogP contribution is 2.36. The number of carbonyl (C=O) groups is 2. The van der Waals surface area contributed by atoms with Crippen LogP contribution in [-0.4, -0.2) is 57.2 Å². The number of rotatable bonds is 5. The Morgan fingerprint density at radius 3 is 2.62 bits per heavy atom. The van der Waals surface area contributed by atoms with Crippen molar-refractivity contribution in [1.29, 1.82) is 0 Å². The van der Waals surface area contributed by atoms with Crippen LogP contribution in [0.15, 0.2) is 0 Å². The summed E-state index contributed by atoms with van der Waals surface area (Å²) in [5.41, 5.74) is 0. The van der Waals surface area contributed by atoms with Gasteiger partial charge in [0.1, 0.15) is 6.04 Å². The molecule has 1 N–H and O–H groups in total. The molecule has 0 bridgehead atoms. The van der Waals surface area contributed by atoms with E-state index in [4.69, 9.17) is 6.42 Å². The average molecular weight is 310 g/mol. The molecule has 1 saturated heterocycles. The zero-order chi connectivity index (χ0) is 15.6. The molecule has 21 heavy (non-hydrogen) atoms. The predicted molar refractivity (Wildman–Crippen MR) is 82.9 cm³/mol. The molecule has 2 atom stereocenters. The first kappa shape index (κ1) is 16.0. The lowest BCUT2D eigenvalue weighted by Crippen LogP contribution is -2.53. The van der Waals surface area contributed by atoms with Crippen LogP contribution in [0.2, 0.25) is 0 Å². The van der Waals surface area contributed by atoms with E-state index >= 15 is 0 Å². The molecule has 0 aromatic rings. The van der Waals surface area contributed by atoms with E-state index in [9.17, 15) is 14.7 Å². The van der Waals surface area contributed by atoms with Gasteiger partial charge in [0.2, 0.25) is 0 Å². The van der Waals surface area contributed by atoms with Crippen molar-refractivity contribution in [1.82, 2.24) is 9.80 Å². The Hall–Kier alpha value is -1.35. The van der Waals surface area contributed by atoms with Gasteiger partial charge in [0, 0.05) is 12.3 Å². The fourth-order valence-electron chi connectivity index (χ4n) is 2.57. The quantitative estimate of drug-likeness (QED) is 0.788. The lowest BCUT2D eigenvalue weighted by atomic mass is 10.1. The van der Waals surface area contributed by atoms with E-state index in [1.54, 1.807) is 4.90 Å². The first-order valence-electron chi connectivity index (χ1n) is 7.30. The molecule has 1 aliphatic carbocycles. The van der Waals surface area contributed by atoms with Gasteiger partial charge in [-0.3, -0.25) is 4.90 Å². The summed E-state index contributed by atoms with van der Waals surface area (Å²) in [7, 11) is 0. The molecule has 0 radical (unpaired) electrons. The summed E-state index contributed by atoms with van der Waals surface area (Å²) in [6, 6.07) is -0.981. The van der Waals surface area contributed by atoms with Gasteiger partial charge in [-0.25, -0.2) is 9.59 Å². The Kier molecular flexibility index (Phi) is 5.04. The molecule has 2 unspecified atom stereocenters.